The summed E-state index contributed by atoms with van der Waals surface area (Å²) in [4.78, 5) is 33.9. The fourth-order valence-corrected chi connectivity index (χ4v) is 16.0. The second-order valence-corrected chi connectivity index (χ2v) is 26.0. The quantitative estimate of drug-likeness (QED) is 0.0385. The van der Waals surface area contributed by atoms with Gasteiger partial charge in [-0.15, -0.1) is 0 Å². The lowest BCUT2D eigenvalue weighted by Gasteiger charge is -2.56. The van der Waals surface area contributed by atoms with Crippen LogP contribution >= 0.6 is 21.6 Å². The van der Waals surface area contributed by atoms with Crippen LogP contribution in [0.15, 0.2) is 130 Å². The summed E-state index contributed by atoms with van der Waals surface area (Å²) in [6, 6.07) is 19.2. The number of aliphatic imine (C=N–C) groups is 1. The molecule has 14 nitrogen and oxygen atoms in total. The van der Waals surface area contributed by atoms with E-state index in [2.05, 4.69) is 40.1 Å². The van der Waals surface area contributed by atoms with Gasteiger partial charge in [-0.25, -0.2) is 0 Å². The van der Waals surface area contributed by atoms with Gasteiger partial charge >= 0.3 is 0 Å². The normalized spacial score (nSPS) is 34.0. The number of ketones is 1. The number of nitrogens with zero attached hydrogens (tertiary/aromatic N) is 1. The molecule has 432 valence electrons. The molecule has 3 aromatic carbocycles. The minimum atomic E-state index is -1.36. The van der Waals surface area contributed by atoms with E-state index in [0.717, 1.165) is 58.4 Å². The van der Waals surface area contributed by atoms with E-state index in [9.17, 15) is 30.3 Å². The van der Waals surface area contributed by atoms with Gasteiger partial charge in [-0.2, -0.15) is 0 Å². The highest BCUT2D eigenvalue weighted by molar-refractivity contribution is 8.76. The first kappa shape index (κ1) is 60.2. The Morgan fingerprint density at radius 1 is 0.975 bits per heavy atom. The maximum Gasteiger partial charge on any atom is 0.243 e. The van der Waals surface area contributed by atoms with Gasteiger partial charge in [0.15, 0.2) is 11.7 Å². The van der Waals surface area contributed by atoms with Crippen LogP contribution in [-0.2, 0) is 33.6 Å². The van der Waals surface area contributed by atoms with E-state index in [1.54, 1.807) is 35.1 Å². The second-order valence-electron chi connectivity index (χ2n) is 23.4. The molecule has 2 saturated carbocycles. The number of amides is 1. The molecule has 9 rings (SSSR count). The monoisotopic (exact) mass is 1140 g/mol. The first-order valence-electron chi connectivity index (χ1n) is 28.8. The molecule has 3 aromatic rings. The molecular weight excluding hydrogens is 1060 g/mol. The van der Waals surface area contributed by atoms with E-state index in [0.29, 0.717) is 85.8 Å². The third-order valence-electron chi connectivity index (χ3n) is 18.3. The Bertz CT molecular complexity index is 3010. The molecule has 81 heavy (non-hydrogen) atoms. The van der Waals surface area contributed by atoms with Crippen molar-refractivity contribution in [3.63, 3.8) is 0 Å². The fourth-order valence-electron chi connectivity index (χ4n) is 13.9. The van der Waals surface area contributed by atoms with E-state index >= 15 is 4.79 Å². The van der Waals surface area contributed by atoms with E-state index in [-0.39, 0.29) is 49.7 Å². The van der Waals surface area contributed by atoms with Crippen LogP contribution in [0.2, 0.25) is 0 Å². The molecule has 2 fully saturated rings. The Hall–Kier alpha value is -5.45. The average molecular weight is 1140 g/mol. The summed E-state index contributed by atoms with van der Waals surface area (Å²) in [5, 5.41) is 67.6. The second kappa shape index (κ2) is 26.9. The predicted molar refractivity (Wildman–Crippen MR) is 324 cm³/mol. The number of guanidine groups is 1. The maximum absolute atomic E-state index is 15.2. The van der Waals surface area contributed by atoms with Crippen LogP contribution in [0, 0.1) is 35.0 Å². The molecule has 1 spiro atoms. The van der Waals surface area contributed by atoms with Gasteiger partial charge in [0.05, 0.1) is 30.5 Å². The van der Waals surface area contributed by atoms with Crippen molar-refractivity contribution >= 4 is 39.2 Å². The molecule has 0 saturated heterocycles. The summed E-state index contributed by atoms with van der Waals surface area (Å²) >= 11 is 0. The van der Waals surface area contributed by atoms with E-state index in [1.165, 1.54) is 5.57 Å². The number of aliphatic hydroxyl groups is 4. The number of aromatic hydroxyl groups is 1. The molecule has 4 bridgehead atoms. The number of ether oxygens (including phenoxy) is 1. The Morgan fingerprint density at radius 2 is 1.75 bits per heavy atom. The van der Waals surface area contributed by atoms with Crippen LogP contribution in [0.1, 0.15) is 130 Å². The fraction of sp³-hybridized carbons (Fsp3) is 0.492. The Morgan fingerprint density at radius 3 is 2.54 bits per heavy atom. The lowest BCUT2D eigenvalue weighted by molar-refractivity contribution is -0.168. The number of β-amino-alcohol motifs (C(OH)–C–C–N with tert-alkyl or cyclic N) is 1. The molecule has 4 aliphatic heterocycles. The summed E-state index contributed by atoms with van der Waals surface area (Å²) < 4.78 is 6.69. The number of hydrogen-bond acceptors (Lipinski definition) is 13. The molecular formula is C65H82N6O8S2. The molecule has 0 aromatic heterocycles. The summed E-state index contributed by atoms with van der Waals surface area (Å²) in [5.41, 5.74) is 25.0. The van der Waals surface area contributed by atoms with Crippen LogP contribution in [-0.4, -0.2) is 104 Å². The number of Topliss-reactive ketones (excluding diaryl/α,β-unsaturated/α-hetero) is 1. The third-order valence-corrected chi connectivity index (χ3v) is 20.7. The Kier molecular flexibility index (Phi) is 19.9. The number of phenolic OH excluding ortho intramolecular Hbond substituents is 1. The van der Waals surface area contributed by atoms with Crippen LogP contribution in [0.25, 0.3) is 0 Å². The number of nitrogens with one attached hydrogen (secondary N) is 2. The summed E-state index contributed by atoms with van der Waals surface area (Å²) in [5.74, 6) is 6.01. The summed E-state index contributed by atoms with van der Waals surface area (Å²) in [6.45, 7) is 8.35. The number of phenols is 1. The lowest BCUT2D eigenvalue weighted by Crippen LogP contribution is -2.59. The number of aliphatic hydroxyl groups excluding tert-OH is 3. The topological polar surface area (TPSA) is 259 Å². The van der Waals surface area contributed by atoms with Gasteiger partial charge in [-0.3, -0.25) is 19.9 Å². The van der Waals surface area contributed by atoms with E-state index in [1.807, 2.05) is 85.3 Å². The SMILES string of the molecule is C=C1/C=C/C=C(\[C@H]2CC[C@@]3([C@@H]4CC[C@H](O)Cc5cccc(c5)C[C@H]([C@H](CN=C(N)N)c5ccc(O)cc5)[C@H](O)CN[C@H]5C(=O)N[C@H](N)c6cccc(c65)CC(=O)/C(C)=C/4CC[C@@]3(C)O)[C@@H]2O)CO[C@@H]2C#CC/C(=C\CC1)CCSSC2. The minimum Gasteiger partial charge on any atom is -0.508 e. The van der Waals surface area contributed by atoms with Crippen molar-refractivity contribution in [3.8, 4) is 17.6 Å². The first-order valence-corrected chi connectivity index (χ1v) is 31.3. The van der Waals surface area contributed by atoms with Gasteiger partial charge in [0.2, 0.25) is 5.91 Å². The number of allylic oxidation sites excluding steroid dienone is 8. The summed E-state index contributed by atoms with van der Waals surface area (Å²) in [7, 11) is 3.61. The van der Waals surface area contributed by atoms with Crippen LogP contribution in [0.3, 0.4) is 0 Å². The number of fused-ring (bicyclic) bond motifs is 7. The van der Waals surface area contributed by atoms with Gasteiger partial charge < -0.3 is 52.8 Å². The molecule has 16 heteroatoms. The molecule has 4 heterocycles. The molecule has 2 aliphatic carbocycles. The van der Waals surface area contributed by atoms with Crippen molar-refractivity contribution in [1.82, 2.24) is 10.6 Å². The van der Waals surface area contributed by atoms with Crippen molar-refractivity contribution in [2.24, 2.45) is 45.4 Å². The van der Waals surface area contributed by atoms with Crippen molar-refractivity contribution in [2.45, 2.75) is 145 Å². The molecule has 0 radical (unpaired) electrons. The zero-order valence-electron chi connectivity index (χ0n) is 46.8. The van der Waals surface area contributed by atoms with Crippen LogP contribution in [0.4, 0.5) is 0 Å². The number of rotatable bonds is 5. The first-order chi connectivity index (χ1) is 38.9. The molecule has 0 unspecified atom stereocenters. The van der Waals surface area contributed by atoms with Gasteiger partial charge in [0, 0.05) is 54.7 Å². The molecule has 12 atom stereocenters. The predicted octanol–water partition coefficient (Wildman–Crippen LogP) is 7.75. The smallest absolute Gasteiger partial charge is 0.243 e. The zero-order valence-corrected chi connectivity index (χ0v) is 48.5. The number of benzene rings is 3. The number of nitrogens with two attached hydrogens (primary N) is 3. The highest BCUT2D eigenvalue weighted by Crippen LogP contribution is 2.63. The number of carbonyl (C=O) groups excluding carboxylic acids is 2. The van der Waals surface area contributed by atoms with E-state index in [4.69, 9.17) is 21.9 Å². The Labute approximate surface area is 485 Å². The van der Waals surface area contributed by atoms with Crippen LogP contribution in [0.5, 0.6) is 5.75 Å². The van der Waals surface area contributed by atoms with Gasteiger partial charge in [0.25, 0.3) is 0 Å². The van der Waals surface area contributed by atoms with Gasteiger partial charge in [-0.05, 0) is 153 Å². The van der Waals surface area contributed by atoms with Gasteiger partial charge in [-0.1, -0.05) is 136 Å². The average Bonchev–Trinajstić information content (AvgIpc) is 4.05. The van der Waals surface area contributed by atoms with Crippen molar-refractivity contribution in [3.05, 3.63) is 159 Å². The largest absolute Gasteiger partial charge is 0.508 e. The van der Waals surface area contributed by atoms with Crippen molar-refractivity contribution in [1.29, 1.82) is 0 Å². The third kappa shape index (κ3) is 14.0. The number of carbonyl (C=O) groups is 2. The molecule has 1 amide bonds. The highest BCUT2D eigenvalue weighted by atomic mass is 33.1. The Balaban J connectivity index is 1.11. The maximum atomic E-state index is 15.2. The lowest BCUT2D eigenvalue weighted by atomic mass is 9.52. The molecule has 6 aliphatic rings. The zero-order chi connectivity index (χ0) is 57.4. The van der Waals surface area contributed by atoms with Crippen molar-refractivity contribution in [2.75, 3.05) is 31.2 Å². The van der Waals surface area contributed by atoms with Crippen molar-refractivity contribution < 1.29 is 39.9 Å². The van der Waals surface area contributed by atoms with E-state index < -0.39 is 71.1 Å². The molecule has 13 N–H and O–H groups in total. The number of hydrogen-bond donors (Lipinski definition) is 10. The highest BCUT2D eigenvalue weighted by Gasteiger charge is 2.64. The summed E-state index contributed by atoms with van der Waals surface area (Å²) in [6.07, 6.45) is 10.7. The minimum absolute atomic E-state index is 0.0510. The standard InChI is InChI=1S/C65H82N6O8S2/c1-39-9-4-11-41-12-7-17-49(38-81-80-30-27-41)79-37-46(16-5-10-39)51-26-29-65(60(51)76)55-24-23-48(73)32-42-13-6-14-43(31-42)33-53(54(35-70-63(67)68)44-19-21-47(72)22-20-44)57(75)36-69-59-58-45(15-8-18-52(58)61(66)71-62(59)77)34-56(74)40(2)50(55)25-28-64(65,3)78/h5-6,8,10-11,13-16,18-22,31,48-49,51,53-55,57,59-61,69,72-73,75-76,78H,1,4,9,12,23-30,32-38,66H2,2-3H3,(H,71,77)(H4,67,68,70)/b10-5+,41-11+,46-16-,50-40+/t48-,49+,51+,53+,54+,55+,57+,59+,60+,61-,64+,65+/m0/s1. The van der Waals surface area contributed by atoms with Crippen LogP contribution < -0.4 is 27.8 Å². The van der Waals surface area contributed by atoms with Gasteiger partial charge in [0.1, 0.15) is 24.1 Å².